The first-order valence-electron chi connectivity index (χ1n) is 10.1. The number of ether oxygens (including phenoxy) is 1. The summed E-state index contributed by atoms with van der Waals surface area (Å²) in [5.41, 5.74) is 11.6. The Hall–Kier alpha value is -3.47. The third-order valence-electron chi connectivity index (χ3n) is 5.48. The number of allylic oxidation sites excluding steroid dienone is 1. The first-order chi connectivity index (χ1) is 14.4. The molecule has 0 bridgehead atoms. The van der Waals surface area contributed by atoms with E-state index in [0.717, 1.165) is 52.6 Å². The van der Waals surface area contributed by atoms with Crippen molar-refractivity contribution in [2.75, 3.05) is 0 Å². The highest BCUT2D eigenvalue weighted by Crippen LogP contribution is 2.36. The van der Waals surface area contributed by atoms with E-state index in [9.17, 15) is 9.59 Å². The lowest BCUT2D eigenvalue weighted by molar-refractivity contribution is -0.125. The highest BCUT2D eigenvalue weighted by Gasteiger charge is 2.27. The monoisotopic (exact) mass is 400 g/mol. The summed E-state index contributed by atoms with van der Waals surface area (Å²) in [6.45, 7) is 3.55. The lowest BCUT2D eigenvalue weighted by Crippen LogP contribution is -2.31. The molecule has 152 valence electrons. The molecule has 2 N–H and O–H groups in total. The average molecular weight is 400 g/mol. The lowest BCUT2D eigenvalue weighted by Gasteiger charge is -2.23. The van der Waals surface area contributed by atoms with E-state index in [0.29, 0.717) is 5.56 Å². The maximum absolute atomic E-state index is 13.1. The molecule has 5 nitrogen and oxygen atoms in total. The van der Waals surface area contributed by atoms with Gasteiger partial charge in [0, 0.05) is 5.39 Å². The number of carbonyl (C=O) groups is 2. The molecular formula is C25H24N2O3. The standard InChI is InChI=1S/C25H24N2O3/c1-15-10-12-17(13-11-15)14-18-6-5-8-20-22(25(29)30-16(2)24(26)28)19-7-3-4-9-21(19)27-23(18)20/h3-4,7,9-14,16H,5-6,8H2,1-2H3,(H2,26,28)/b18-14+/t16-/m1/s1. The number of esters is 1. The largest absolute Gasteiger partial charge is 0.449 e. The Bertz CT molecular complexity index is 1160. The highest BCUT2D eigenvalue weighted by molar-refractivity contribution is 6.07. The molecule has 4 rings (SSSR count). The van der Waals surface area contributed by atoms with E-state index in [1.807, 2.05) is 24.3 Å². The zero-order valence-electron chi connectivity index (χ0n) is 17.1. The lowest BCUT2D eigenvalue weighted by atomic mass is 9.86. The first kappa shape index (κ1) is 19.8. The number of benzene rings is 2. The number of nitrogens with zero attached hydrogens (tertiary/aromatic N) is 1. The molecule has 2 aromatic carbocycles. The third kappa shape index (κ3) is 3.83. The van der Waals surface area contributed by atoms with Crippen LogP contribution in [0.2, 0.25) is 0 Å². The number of aromatic nitrogens is 1. The second kappa shape index (κ2) is 8.11. The van der Waals surface area contributed by atoms with Crippen molar-refractivity contribution in [1.29, 1.82) is 0 Å². The van der Waals surface area contributed by atoms with Crippen LogP contribution >= 0.6 is 0 Å². The Morgan fingerprint density at radius 3 is 2.57 bits per heavy atom. The van der Waals surface area contributed by atoms with Gasteiger partial charge in [-0.1, -0.05) is 48.0 Å². The number of aryl methyl sites for hydroxylation is 1. The van der Waals surface area contributed by atoms with Gasteiger partial charge in [-0.15, -0.1) is 0 Å². The molecule has 0 saturated carbocycles. The number of hydrogen-bond acceptors (Lipinski definition) is 4. The summed E-state index contributed by atoms with van der Waals surface area (Å²) in [5.74, 6) is -1.21. The van der Waals surface area contributed by atoms with Crippen LogP contribution in [0.1, 0.15) is 52.5 Å². The predicted octanol–water partition coefficient (Wildman–Crippen LogP) is 4.45. The average Bonchev–Trinajstić information content (AvgIpc) is 2.73. The molecule has 1 aliphatic carbocycles. The summed E-state index contributed by atoms with van der Waals surface area (Å²) in [7, 11) is 0. The van der Waals surface area contributed by atoms with Gasteiger partial charge in [-0.05, 0) is 62.0 Å². The van der Waals surface area contributed by atoms with Crippen molar-refractivity contribution in [3.8, 4) is 0 Å². The normalized spacial score (nSPS) is 15.6. The summed E-state index contributed by atoms with van der Waals surface area (Å²) in [4.78, 5) is 29.4. The summed E-state index contributed by atoms with van der Waals surface area (Å²) in [6.07, 6.45) is 3.68. The van der Waals surface area contributed by atoms with E-state index in [1.165, 1.54) is 12.5 Å². The van der Waals surface area contributed by atoms with Crippen LogP contribution in [0.3, 0.4) is 0 Å². The number of para-hydroxylation sites is 1. The Kier molecular flexibility index (Phi) is 5.36. The molecule has 0 radical (unpaired) electrons. The summed E-state index contributed by atoms with van der Waals surface area (Å²) < 4.78 is 5.38. The van der Waals surface area contributed by atoms with Crippen molar-refractivity contribution in [1.82, 2.24) is 4.98 Å². The summed E-state index contributed by atoms with van der Waals surface area (Å²) in [6, 6.07) is 15.9. The second-order valence-corrected chi connectivity index (χ2v) is 7.71. The highest BCUT2D eigenvalue weighted by atomic mass is 16.5. The number of carbonyl (C=O) groups excluding carboxylic acids is 2. The van der Waals surface area contributed by atoms with Crippen LogP contribution in [0, 0.1) is 6.92 Å². The van der Waals surface area contributed by atoms with Gasteiger partial charge in [0.1, 0.15) is 0 Å². The predicted molar refractivity (Wildman–Crippen MR) is 118 cm³/mol. The summed E-state index contributed by atoms with van der Waals surface area (Å²) in [5, 5.41) is 0.731. The van der Waals surface area contributed by atoms with Gasteiger partial charge in [-0.25, -0.2) is 9.78 Å². The molecule has 1 amide bonds. The minimum atomic E-state index is -0.994. The minimum Gasteiger partial charge on any atom is -0.449 e. The number of amides is 1. The van der Waals surface area contributed by atoms with Crippen molar-refractivity contribution in [2.24, 2.45) is 5.73 Å². The van der Waals surface area contributed by atoms with E-state index >= 15 is 0 Å². The van der Waals surface area contributed by atoms with Crippen molar-refractivity contribution >= 4 is 34.4 Å². The zero-order chi connectivity index (χ0) is 21.3. The van der Waals surface area contributed by atoms with Crippen LogP contribution < -0.4 is 5.73 Å². The van der Waals surface area contributed by atoms with E-state index < -0.39 is 18.0 Å². The number of fused-ring (bicyclic) bond motifs is 2. The van der Waals surface area contributed by atoms with E-state index in [1.54, 1.807) is 0 Å². The van der Waals surface area contributed by atoms with Gasteiger partial charge in [0.2, 0.25) is 0 Å². The van der Waals surface area contributed by atoms with Crippen LogP contribution in [0.25, 0.3) is 22.6 Å². The fraction of sp³-hybridized carbons (Fsp3) is 0.240. The third-order valence-corrected chi connectivity index (χ3v) is 5.48. The fourth-order valence-corrected chi connectivity index (χ4v) is 3.85. The molecule has 1 heterocycles. The molecule has 1 aromatic heterocycles. The SMILES string of the molecule is Cc1ccc(/C=C2\CCCc3c2nc2ccccc2c3C(=O)O[C@H](C)C(N)=O)cc1. The Labute approximate surface area is 175 Å². The Balaban J connectivity index is 1.87. The number of nitrogens with two attached hydrogens (primary N) is 1. The van der Waals surface area contributed by atoms with Crippen molar-refractivity contribution in [2.45, 2.75) is 39.2 Å². The molecule has 5 heteroatoms. The summed E-state index contributed by atoms with van der Waals surface area (Å²) >= 11 is 0. The molecule has 3 aromatic rings. The quantitative estimate of drug-likeness (QED) is 0.656. The van der Waals surface area contributed by atoms with Crippen molar-refractivity contribution in [3.05, 3.63) is 76.5 Å². The van der Waals surface area contributed by atoms with E-state index in [2.05, 4.69) is 37.3 Å². The molecule has 0 unspecified atom stereocenters. The van der Waals surface area contributed by atoms with Crippen molar-refractivity contribution in [3.63, 3.8) is 0 Å². The minimum absolute atomic E-state index is 0.484. The van der Waals surface area contributed by atoms with Crippen LogP contribution in [0.15, 0.2) is 48.5 Å². The van der Waals surface area contributed by atoms with E-state index in [4.69, 9.17) is 15.5 Å². The van der Waals surface area contributed by atoms with Crippen LogP contribution in [0.4, 0.5) is 0 Å². The van der Waals surface area contributed by atoms with Crippen LogP contribution in [0.5, 0.6) is 0 Å². The fourth-order valence-electron chi connectivity index (χ4n) is 3.85. The number of hydrogen-bond donors (Lipinski definition) is 1. The van der Waals surface area contributed by atoms with Gasteiger partial charge in [-0.2, -0.15) is 0 Å². The number of rotatable bonds is 4. The molecule has 0 fully saturated rings. The molecule has 0 saturated heterocycles. The Morgan fingerprint density at radius 1 is 1.10 bits per heavy atom. The molecular weight excluding hydrogens is 376 g/mol. The smallest absolute Gasteiger partial charge is 0.339 e. The zero-order valence-corrected chi connectivity index (χ0v) is 17.1. The number of pyridine rings is 1. The van der Waals surface area contributed by atoms with Gasteiger partial charge in [0.05, 0.1) is 16.8 Å². The van der Waals surface area contributed by atoms with Crippen LogP contribution in [-0.4, -0.2) is 23.0 Å². The molecule has 30 heavy (non-hydrogen) atoms. The topological polar surface area (TPSA) is 82.3 Å². The van der Waals surface area contributed by atoms with Gasteiger partial charge < -0.3 is 10.5 Å². The van der Waals surface area contributed by atoms with Crippen molar-refractivity contribution < 1.29 is 14.3 Å². The molecule has 1 atom stereocenters. The van der Waals surface area contributed by atoms with Crippen LogP contribution in [-0.2, 0) is 16.0 Å². The maximum Gasteiger partial charge on any atom is 0.339 e. The number of primary amides is 1. The van der Waals surface area contributed by atoms with Gasteiger partial charge >= 0.3 is 5.97 Å². The molecule has 0 aliphatic heterocycles. The molecule has 1 aliphatic rings. The first-order valence-corrected chi connectivity index (χ1v) is 10.1. The molecule has 0 spiro atoms. The second-order valence-electron chi connectivity index (χ2n) is 7.71. The van der Waals surface area contributed by atoms with Gasteiger partial charge in [0.25, 0.3) is 5.91 Å². The van der Waals surface area contributed by atoms with Gasteiger partial charge in [-0.3, -0.25) is 4.79 Å². The van der Waals surface area contributed by atoms with Gasteiger partial charge in [0.15, 0.2) is 6.10 Å². The maximum atomic E-state index is 13.1. The van der Waals surface area contributed by atoms with E-state index in [-0.39, 0.29) is 0 Å². The Morgan fingerprint density at radius 2 is 1.83 bits per heavy atom.